The zero-order chi connectivity index (χ0) is 15.8. The van der Waals surface area contributed by atoms with Gasteiger partial charge in [0, 0.05) is 0 Å². The number of hydrogen-bond donors (Lipinski definition) is 1. The largest absolute Gasteiger partial charge is 0.436 e. The maximum Gasteiger partial charge on any atom is 0.301 e. The second-order valence-electron chi connectivity index (χ2n) is 6.47. The highest BCUT2D eigenvalue weighted by Crippen LogP contribution is 2.63. The van der Waals surface area contributed by atoms with Gasteiger partial charge < -0.3 is 9.84 Å². The van der Waals surface area contributed by atoms with Crippen LogP contribution in [-0.4, -0.2) is 5.28 Å². The van der Waals surface area contributed by atoms with Crippen molar-refractivity contribution in [1.29, 1.82) is 0 Å². The number of para-hydroxylation sites is 2. The third kappa shape index (κ3) is 2.44. The Morgan fingerprint density at radius 1 is 1.09 bits per heavy atom. The summed E-state index contributed by atoms with van der Waals surface area (Å²) in [5, 5.41) is 3.66. The minimum atomic E-state index is -3.09. The van der Waals surface area contributed by atoms with Crippen LogP contribution < -0.4 is 15.1 Å². The van der Waals surface area contributed by atoms with Gasteiger partial charge in [0.1, 0.15) is 11.0 Å². The number of anilines is 1. The van der Waals surface area contributed by atoms with Crippen molar-refractivity contribution >= 4 is 18.4 Å². The number of hydrogen-bond acceptors (Lipinski definition) is 3. The monoisotopic (exact) mass is 315 g/mol. The van der Waals surface area contributed by atoms with Crippen LogP contribution in [0.1, 0.15) is 27.2 Å². The van der Waals surface area contributed by atoms with Crippen LogP contribution in [0, 0.1) is 5.92 Å². The summed E-state index contributed by atoms with van der Waals surface area (Å²) < 4.78 is 20.0. The molecule has 0 saturated carbocycles. The lowest BCUT2D eigenvalue weighted by Crippen LogP contribution is -2.43. The molecule has 0 aliphatic carbocycles. The van der Waals surface area contributed by atoms with Crippen LogP contribution in [-0.2, 0) is 4.57 Å². The molecule has 1 N–H and O–H groups in total. The van der Waals surface area contributed by atoms with E-state index in [0.717, 1.165) is 17.4 Å². The molecule has 2 atom stereocenters. The number of fused-ring (bicyclic) bond motifs is 1. The standard InChI is InChI=1S/C18H22NO2P/c1-14(2)13-18(3)19-16-11-7-8-12-17(16)21-22(18,20)15-9-5-4-6-10-15/h4-12,14,19H,13H2,1-3H3/t18-,22-/m0/s1. The van der Waals surface area contributed by atoms with Crippen molar-refractivity contribution in [2.24, 2.45) is 5.92 Å². The fourth-order valence-electron chi connectivity index (χ4n) is 3.18. The first-order valence-corrected chi connectivity index (χ1v) is 9.30. The van der Waals surface area contributed by atoms with Crippen LogP contribution >= 0.6 is 7.37 Å². The van der Waals surface area contributed by atoms with Crippen LogP contribution in [0.3, 0.4) is 0 Å². The molecule has 0 aromatic heterocycles. The van der Waals surface area contributed by atoms with Gasteiger partial charge in [-0.25, -0.2) is 0 Å². The normalized spacial score (nSPS) is 26.9. The molecule has 3 rings (SSSR count). The molecule has 0 radical (unpaired) electrons. The maximum atomic E-state index is 13.9. The highest BCUT2D eigenvalue weighted by atomic mass is 31.2. The van der Waals surface area contributed by atoms with E-state index in [-0.39, 0.29) is 0 Å². The maximum absolute atomic E-state index is 13.9. The van der Waals surface area contributed by atoms with Crippen LogP contribution in [0.4, 0.5) is 5.69 Å². The van der Waals surface area contributed by atoms with Crippen molar-refractivity contribution < 1.29 is 9.09 Å². The van der Waals surface area contributed by atoms with E-state index in [1.807, 2.05) is 61.5 Å². The first-order chi connectivity index (χ1) is 10.4. The van der Waals surface area contributed by atoms with E-state index in [2.05, 4.69) is 19.2 Å². The second-order valence-corrected chi connectivity index (χ2v) is 9.26. The van der Waals surface area contributed by atoms with Gasteiger partial charge >= 0.3 is 7.37 Å². The lowest BCUT2D eigenvalue weighted by molar-refractivity contribution is 0.407. The smallest absolute Gasteiger partial charge is 0.301 e. The molecule has 116 valence electrons. The summed E-state index contributed by atoms with van der Waals surface area (Å²) in [4.78, 5) is 0. The van der Waals surface area contributed by atoms with E-state index in [1.54, 1.807) is 0 Å². The van der Waals surface area contributed by atoms with Gasteiger partial charge in [-0.15, -0.1) is 0 Å². The van der Waals surface area contributed by atoms with E-state index < -0.39 is 12.6 Å². The van der Waals surface area contributed by atoms with Crippen molar-refractivity contribution in [3.63, 3.8) is 0 Å². The van der Waals surface area contributed by atoms with Gasteiger partial charge in [-0.3, -0.25) is 4.57 Å². The molecular formula is C18H22NO2P. The van der Waals surface area contributed by atoms with Crippen LogP contribution in [0.15, 0.2) is 54.6 Å². The number of nitrogens with one attached hydrogen (secondary N) is 1. The number of benzene rings is 2. The molecule has 0 saturated heterocycles. The Hall–Kier alpha value is -1.73. The van der Waals surface area contributed by atoms with E-state index in [0.29, 0.717) is 11.7 Å². The third-order valence-electron chi connectivity index (χ3n) is 4.07. The lowest BCUT2D eigenvalue weighted by atomic mass is 10.0. The third-order valence-corrected chi connectivity index (χ3v) is 7.10. The first kappa shape index (κ1) is 15.2. The zero-order valence-corrected chi connectivity index (χ0v) is 14.1. The fourth-order valence-corrected chi connectivity index (χ4v) is 5.93. The SMILES string of the molecule is CC(C)C[C@@]1(C)Nc2ccccc2O[P@@]1(=O)c1ccccc1. The van der Waals surface area contributed by atoms with Gasteiger partial charge in [-0.1, -0.05) is 44.2 Å². The van der Waals surface area contributed by atoms with E-state index in [1.165, 1.54) is 0 Å². The average Bonchev–Trinajstić information content (AvgIpc) is 2.48. The van der Waals surface area contributed by atoms with E-state index in [9.17, 15) is 4.57 Å². The molecule has 0 spiro atoms. The Balaban J connectivity index is 2.15. The van der Waals surface area contributed by atoms with E-state index in [4.69, 9.17) is 4.52 Å². The van der Waals surface area contributed by atoms with Gasteiger partial charge in [0.15, 0.2) is 0 Å². The summed E-state index contributed by atoms with van der Waals surface area (Å²) in [6.07, 6.45) is 0.771. The lowest BCUT2D eigenvalue weighted by Gasteiger charge is -2.44. The van der Waals surface area contributed by atoms with Gasteiger partial charge in [-0.05, 0) is 43.5 Å². The Morgan fingerprint density at radius 2 is 1.73 bits per heavy atom. The van der Waals surface area contributed by atoms with E-state index >= 15 is 0 Å². The minimum absolute atomic E-state index is 0.406. The highest BCUT2D eigenvalue weighted by molar-refractivity contribution is 7.69. The highest BCUT2D eigenvalue weighted by Gasteiger charge is 2.51. The molecule has 4 heteroatoms. The summed E-state index contributed by atoms with van der Waals surface area (Å²) in [5.74, 6) is 1.07. The van der Waals surface area contributed by atoms with Crippen molar-refractivity contribution in [3.05, 3.63) is 54.6 Å². The van der Waals surface area contributed by atoms with Crippen LogP contribution in [0.5, 0.6) is 5.75 Å². The summed E-state index contributed by atoms with van der Waals surface area (Å²) in [7, 11) is -3.09. The van der Waals surface area contributed by atoms with Crippen molar-refractivity contribution in [2.75, 3.05) is 5.32 Å². The van der Waals surface area contributed by atoms with Gasteiger partial charge in [-0.2, -0.15) is 0 Å². The predicted molar refractivity (Wildman–Crippen MR) is 92.2 cm³/mol. The molecule has 3 nitrogen and oxygen atoms in total. The molecule has 0 bridgehead atoms. The quantitative estimate of drug-likeness (QED) is 0.822. The fraction of sp³-hybridized carbons (Fsp3) is 0.333. The van der Waals surface area contributed by atoms with Crippen molar-refractivity contribution in [2.45, 2.75) is 32.5 Å². The molecular weight excluding hydrogens is 293 g/mol. The van der Waals surface area contributed by atoms with Gasteiger partial charge in [0.05, 0.1) is 11.0 Å². The first-order valence-electron chi connectivity index (χ1n) is 7.67. The molecule has 1 aliphatic heterocycles. The second kappa shape index (κ2) is 5.48. The van der Waals surface area contributed by atoms with Crippen molar-refractivity contribution in [3.8, 4) is 5.75 Å². The topological polar surface area (TPSA) is 38.3 Å². The summed E-state index contributed by atoms with van der Waals surface area (Å²) in [6.45, 7) is 6.29. The Bertz CT molecular complexity index is 714. The molecule has 0 unspecified atom stereocenters. The Labute approximate surface area is 132 Å². The Morgan fingerprint density at radius 3 is 2.41 bits per heavy atom. The zero-order valence-electron chi connectivity index (χ0n) is 13.2. The molecule has 1 aliphatic rings. The van der Waals surface area contributed by atoms with Gasteiger partial charge in [0.25, 0.3) is 0 Å². The summed E-state index contributed by atoms with van der Waals surface area (Å²) in [5.41, 5.74) is 0.910. The van der Waals surface area contributed by atoms with Crippen LogP contribution in [0.2, 0.25) is 0 Å². The summed E-state index contributed by atoms with van der Waals surface area (Å²) in [6, 6.07) is 17.3. The number of rotatable bonds is 3. The average molecular weight is 315 g/mol. The molecule has 2 aromatic rings. The van der Waals surface area contributed by atoms with Crippen LogP contribution in [0.25, 0.3) is 0 Å². The molecule has 1 heterocycles. The van der Waals surface area contributed by atoms with Gasteiger partial charge in [0.2, 0.25) is 0 Å². The predicted octanol–water partition coefficient (Wildman–Crippen LogP) is 4.86. The Kier molecular flexibility index (Phi) is 3.78. The molecule has 2 aromatic carbocycles. The minimum Gasteiger partial charge on any atom is -0.436 e. The molecule has 0 amide bonds. The molecule has 0 fully saturated rings. The summed E-state index contributed by atoms with van der Waals surface area (Å²) >= 11 is 0. The molecule has 22 heavy (non-hydrogen) atoms. The van der Waals surface area contributed by atoms with Crippen molar-refractivity contribution in [1.82, 2.24) is 0 Å².